The molecule has 0 spiro atoms. The Morgan fingerprint density at radius 1 is 1.26 bits per heavy atom. The number of nitrogens with two attached hydrogens (primary N) is 1. The Kier molecular flexibility index (Phi) is 4.71. The number of hydrogen-bond acceptors (Lipinski definition) is 3. The lowest BCUT2D eigenvalue weighted by atomic mass is 10.0. The van der Waals surface area contributed by atoms with E-state index in [0.29, 0.717) is 22.2 Å². The minimum atomic E-state index is -0.313. The molecule has 1 atom stereocenters. The van der Waals surface area contributed by atoms with Crippen molar-refractivity contribution in [3.05, 3.63) is 63.6 Å². The van der Waals surface area contributed by atoms with Crippen molar-refractivity contribution in [3.8, 4) is 0 Å². The van der Waals surface area contributed by atoms with Crippen LogP contribution in [0.3, 0.4) is 0 Å². The molecule has 0 bridgehead atoms. The van der Waals surface area contributed by atoms with Gasteiger partial charge in [0.05, 0.1) is 6.04 Å². The largest absolute Gasteiger partial charge is 0.271 e. The van der Waals surface area contributed by atoms with E-state index in [4.69, 9.17) is 29.0 Å². The lowest BCUT2D eigenvalue weighted by molar-refractivity contribution is 0.528. The Labute approximate surface area is 120 Å². The van der Waals surface area contributed by atoms with E-state index in [1.165, 1.54) is 12.1 Å². The molecule has 1 aromatic heterocycles. The highest BCUT2D eigenvalue weighted by Crippen LogP contribution is 2.22. The molecule has 100 valence electrons. The second-order valence-corrected chi connectivity index (χ2v) is 4.90. The van der Waals surface area contributed by atoms with Crippen molar-refractivity contribution in [3.63, 3.8) is 0 Å². The first-order valence-electron chi connectivity index (χ1n) is 5.61. The third-order valence-electron chi connectivity index (χ3n) is 2.79. The Balaban J connectivity index is 2.23. The van der Waals surface area contributed by atoms with Gasteiger partial charge in [-0.3, -0.25) is 11.3 Å². The van der Waals surface area contributed by atoms with Gasteiger partial charge in [-0.1, -0.05) is 29.3 Å². The van der Waals surface area contributed by atoms with Gasteiger partial charge >= 0.3 is 0 Å². The lowest BCUT2D eigenvalue weighted by Gasteiger charge is -2.16. The van der Waals surface area contributed by atoms with Crippen molar-refractivity contribution >= 4 is 23.2 Å². The summed E-state index contributed by atoms with van der Waals surface area (Å²) in [5.74, 6) is 5.20. The van der Waals surface area contributed by atoms with E-state index >= 15 is 0 Å². The summed E-state index contributed by atoms with van der Waals surface area (Å²) in [5.41, 5.74) is 3.96. The average molecular weight is 300 g/mol. The zero-order chi connectivity index (χ0) is 13.8. The van der Waals surface area contributed by atoms with E-state index in [9.17, 15) is 4.39 Å². The van der Waals surface area contributed by atoms with Gasteiger partial charge < -0.3 is 0 Å². The van der Waals surface area contributed by atoms with Crippen LogP contribution >= 0.6 is 23.2 Å². The van der Waals surface area contributed by atoms with E-state index in [2.05, 4.69) is 10.4 Å². The highest BCUT2D eigenvalue weighted by atomic mass is 35.5. The molecular formula is C13H12Cl2FN3. The maximum absolute atomic E-state index is 13.7. The Morgan fingerprint density at radius 2 is 2.05 bits per heavy atom. The molecule has 0 aliphatic heterocycles. The van der Waals surface area contributed by atoms with Crippen molar-refractivity contribution in [2.24, 2.45) is 5.84 Å². The van der Waals surface area contributed by atoms with Crippen molar-refractivity contribution < 1.29 is 4.39 Å². The summed E-state index contributed by atoms with van der Waals surface area (Å²) >= 11 is 11.6. The monoisotopic (exact) mass is 299 g/mol. The van der Waals surface area contributed by atoms with Crippen LogP contribution in [0.2, 0.25) is 10.2 Å². The molecule has 0 saturated carbocycles. The molecule has 0 aliphatic carbocycles. The predicted octanol–water partition coefficient (Wildman–Crippen LogP) is 3.27. The van der Waals surface area contributed by atoms with E-state index in [-0.39, 0.29) is 11.9 Å². The summed E-state index contributed by atoms with van der Waals surface area (Å²) < 4.78 is 13.7. The standard InChI is InChI=1S/C13H12Cl2FN3/c14-10-2-3-11(16)9(5-10)6-12(19-17)8-1-4-13(15)18-7-8/h1-5,7,12,19H,6,17H2. The number of rotatable bonds is 4. The quantitative estimate of drug-likeness (QED) is 0.517. The molecule has 0 fully saturated rings. The number of hydrogen-bond donors (Lipinski definition) is 2. The average Bonchev–Trinajstić information content (AvgIpc) is 2.41. The predicted molar refractivity (Wildman–Crippen MR) is 74.4 cm³/mol. The molecule has 0 radical (unpaired) electrons. The second-order valence-electron chi connectivity index (χ2n) is 4.07. The zero-order valence-corrected chi connectivity index (χ0v) is 11.4. The number of halogens is 3. The number of nitrogens with zero attached hydrogens (tertiary/aromatic N) is 1. The van der Waals surface area contributed by atoms with Crippen LogP contribution in [0.15, 0.2) is 36.5 Å². The second kappa shape index (κ2) is 6.30. The van der Waals surface area contributed by atoms with E-state index in [0.717, 1.165) is 5.56 Å². The maximum atomic E-state index is 13.7. The van der Waals surface area contributed by atoms with Crippen LogP contribution in [0, 0.1) is 5.82 Å². The van der Waals surface area contributed by atoms with Gasteiger partial charge in [-0.25, -0.2) is 9.37 Å². The fourth-order valence-corrected chi connectivity index (χ4v) is 2.09. The van der Waals surface area contributed by atoms with E-state index in [1.807, 2.05) is 0 Å². The SMILES string of the molecule is NNC(Cc1cc(Cl)ccc1F)c1ccc(Cl)nc1. The van der Waals surface area contributed by atoms with Crippen molar-refractivity contribution in [2.75, 3.05) is 0 Å². The molecule has 1 heterocycles. The Bertz CT molecular complexity index is 560. The summed E-state index contributed by atoms with van der Waals surface area (Å²) in [5, 5.41) is 0.884. The van der Waals surface area contributed by atoms with E-state index in [1.54, 1.807) is 24.4 Å². The van der Waals surface area contributed by atoms with Crippen molar-refractivity contribution in [2.45, 2.75) is 12.5 Å². The number of pyridine rings is 1. The van der Waals surface area contributed by atoms with Crippen molar-refractivity contribution in [1.82, 2.24) is 10.4 Å². The number of aromatic nitrogens is 1. The summed E-state index contributed by atoms with van der Waals surface area (Å²) in [6.07, 6.45) is 1.97. The summed E-state index contributed by atoms with van der Waals surface area (Å²) in [7, 11) is 0. The molecule has 3 N–H and O–H groups in total. The normalized spacial score (nSPS) is 12.4. The molecule has 1 unspecified atom stereocenters. The first-order chi connectivity index (χ1) is 9.10. The van der Waals surface area contributed by atoms with Crippen LogP contribution in [0.5, 0.6) is 0 Å². The van der Waals surface area contributed by atoms with Gasteiger partial charge in [-0.05, 0) is 41.8 Å². The van der Waals surface area contributed by atoms with Gasteiger partial charge in [0.2, 0.25) is 0 Å². The third kappa shape index (κ3) is 3.64. The minimum absolute atomic E-state index is 0.266. The zero-order valence-electron chi connectivity index (χ0n) is 9.91. The lowest BCUT2D eigenvalue weighted by Crippen LogP contribution is -2.29. The first kappa shape index (κ1) is 14.2. The smallest absolute Gasteiger partial charge is 0.129 e. The summed E-state index contributed by atoms with van der Waals surface area (Å²) in [6.45, 7) is 0. The van der Waals surface area contributed by atoms with Crippen molar-refractivity contribution in [1.29, 1.82) is 0 Å². The molecular weight excluding hydrogens is 288 g/mol. The maximum Gasteiger partial charge on any atom is 0.129 e. The molecule has 0 aliphatic rings. The highest BCUT2D eigenvalue weighted by Gasteiger charge is 2.14. The van der Waals surface area contributed by atoms with Gasteiger partial charge in [0, 0.05) is 11.2 Å². The van der Waals surface area contributed by atoms with Crippen LogP contribution in [0.1, 0.15) is 17.2 Å². The third-order valence-corrected chi connectivity index (χ3v) is 3.24. The fourth-order valence-electron chi connectivity index (χ4n) is 1.79. The molecule has 6 heteroatoms. The Morgan fingerprint density at radius 3 is 2.68 bits per heavy atom. The topological polar surface area (TPSA) is 50.9 Å². The highest BCUT2D eigenvalue weighted by molar-refractivity contribution is 6.30. The minimum Gasteiger partial charge on any atom is -0.271 e. The number of benzene rings is 1. The molecule has 1 aromatic carbocycles. The molecule has 0 saturated heterocycles. The molecule has 3 nitrogen and oxygen atoms in total. The Hall–Kier alpha value is -1.20. The van der Waals surface area contributed by atoms with Crippen LogP contribution in [0.25, 0.3) is 0 Å². The van der Waals surface area contributed by atoms with Crippen LogP contribution in [-0.2, 0) is 6.42 Å². The number of hydrazine groups is 1. The van der Waals surface area contributed by atoms with Gasteiger partial charge in [-0.2, -0.15) is 0 Å². The molecule has 0 amide bonds. The summed E-state index contributed by atoms with van der Waals surface area (Å²) in [4.78, 5) is 3.98. The van der Waals surface area contributed by atoms with Gasteiger partial charge in [0.25, 0.3) is 0 Å². The van der Waals surface area contributed by atoms with Gasteiger partial charge in [0.15, 0.2) is 0 Å². The van der Waals surface area contributed by atoms with Crippen LogP contribution < -0.4 is 11.3 Å². The van der Waals surface area contributed by atoms with E-state index < -0.39 is 0 Å². The van der Waals surface area contributed by atoms with Gasteiger partial charge in [-0.15, -0.1) is 0 Å². The van der Waals surface area contributed by atoms with Gasteiger partial charge in [0.1, 0.15) is 11.0 Å². The molecule has 2 rings (SSSR count). The fraction of sp³-hybridized carbons (Fsp3) is 0.154. The molecule has 2 aromatic rings. The van der Waals surface area contributed by atoms with Crippen LogP contribution in [-0.4, -0.2) is 4.98 Å². The number of nitrogens with one attached hydrogen (secondary N) is 1. The van der Waals surface area contributed by atoms with Crippen LogP contribution in [0.4, 0.5) is 4.39 Å². The molecule has 19 heavy (non-hydrogen) atoms. The first-order valence-corrected chi connectivity index (χ1v) is 6.37. The summed E-state index contributed by atoms with van der Waals surface area (Å²) in [6, 6.07) is 7.63.